The first-order valence-electron chi connectivity index (χ1n) is 6.77. The van der Waals surface area contributed by atoms with Gasteiger partial charge in [-0.25, -0.2) is 9.18 Å². The molecule has 1 aromatic carbocycles. The van der Waals surface area contributed by atoms with Crippen molar-refractivity contribution in [3.8, 4) is 0 Å². The molecule has 1 amide bonds. The van der Waals surface area contributed by atoms with Crippen molar-refractivity contribution in [2.24, 2.45) is 0 Å². The zero-order valence-corrected chi connectivity index (χ0v) is 11.6. The molecule has 1 fully saturated rings. The van der Waals surface area contributed by atoms with Crippen LogP contribution in [-0.2, 0) is 11.3 Å². The van der Waals surface area contributed by atoms with E-state index in [0.29, 0.717) is 31.9 Å². The monoisotopic (exact) mass is 281 g/mol. The molecule has 0 radical (unpaired) electrons. The SMILES string of the molecule is CCOC(=O)N1CCN(Cc2cc(N)cc(F)c2)CC1. The summed E-state index contributed by atoms with van der Waals surface area (Å²) in [5, 5.41) is 0. The van der Waals surface area contributed by atoms with E-state index in [1.54, 1.807) is 17.9 Å². The standard InChI is InChI=1S/C14H20FN3O2/c1-2-20-14(19)18-5-3-17(4-6-18)10-11-7-12(15)9-13(16)8-11/h7-9H,2-6,10,16H2,1H3. The summed E-state index contributed by atoms with van der Waals surface area (Å²) in [6, 6.07) is 4.58. The van der Waals surface area contributed by atoms with E-state index in [1.165, 1.54) is 12.1 Å². The maximum Gasteiger partial charge on any atom is 0.409 e. The van der Waals surface area contributed by atoms with Gasteiger partial charge in [0, 0.05) is 38.4 Å². The summed E-state index contributed by atoms with van der Waals surface area (Å²) < 4.78 is 18.2. The Labute approximate surface area is 118 Å². The van der Waals surface area contributed by atoms with Gasteiger partial charge in [0.25, 0.3) is 0 Å². The minimum absolute atomic E-state index is 0.262. The van der Waals surface area contributed by atoms with Crippen molar-refractivity contribution in [2.45, 2.75) is 13.5 Å². The number of nitrogens with zero attached hydrogens (tertiary/aromatic N) is 2. The highest BCUT2D eigenvalue weighted by molar-refractivity contribution is 5.67. The third-order valence-electron chi connectivity index (χ3n) is 3.28. The second-order valence-electron chi connectivity index (χ2n) is 4.85. The minimum atomic E-state index is -0.315. The normalized spacial score (nSPS) is 16.2. The van der Waals surface area contributed by atoms with E-state index in [2.05, 4.69) is 4.90 Å². The van der Waals surface area contributed by atoms with Crippen LogP contribution in [0.5, 0.6) is 0 Å². The highest BCUT2D eigenvalue weighted by Crippen LogP contribution is 2.14. The molecule has 1 aliphatic rings. The molecular formula is C14H20FN3O2. The van der Waals surface area contributed by atoms with Crippen molar-refractivity contribution in [3.63, 3.8) is 0 Å². The topological polar surface area (TPSA) is 58.8 Å². The Kier molecular flexibility index (Phi) is 4.79. The molecule has 5 nitrogen and oxygen atoms in total. The van der Waals surface area contributed by atoms with Gasteiger partial charge >= 0.3 is 6.09 Å². The molecule has 2 rings (SSSR count). The van der Waals surface area contributed by atoms with Gasteiger partial charge in [0.1, 0.15) is 5.82 Å². The molecule has 0 saturated carbocycles. The van der Waals surface area contributed by atoms with Crippen LogP contribution in [0, 0.1) is 5.82 Å². The molecular weight excluding hydrogens is 261 g/mol. The molecule has 0 unspecified atom stereocenters. The molecule has 110 valence electrons. The Morgan fingerprint density at radius 3 is 2.60 bits per heavy atom. The molecule has 2 N–H and O–H groups in total. The Hall–Kier alpha value is -1.82. The maximum atomic E-state index is 13.3. The number of nitrogen functional groups attached to an aromatic ring is 1. The predicted molar refractivity (Wildman–Crippen MR) is 74.7 cm³/mol. The number of ether oxygens (including phenoxy) is 1. The first-order valence-corrected chi connectivity index (χ1v) is 6.77. The van der Waals surface area contributed by atoms with Crippen LogP contribution >= 0.6 is 0 Å². The fourth-order valence-corrected chi connectivity index (χ4v) is 2.33. The van der Waals surface area contributed by atoms with Crippen molar-refractivity contribution in [3.05, 3.63) is 29.6 Å². The molecule has 1 heterocycles. The second-order valence-corrected chi connectivity index (χ2v) is 4.85. The molecule has 0 aliphatic carbocycles. The number of rotatable bonds is 3. The van der Waals surface area contributed by atoms with Gasteiger partial charge in [-0.05, 0) is 30.7 Å². The molecule has 0 bridgehead atoms. The summed E-state index contributed by atoms with van der Waals surface area (Å²) in [6.07, 6.45) is -0.262. The van der Waals surface area contributed by atoms with Gasteiger partial charge in [0.05, 0.1) is 6.61 Å². The number of hydrogen-bond donors (Lipinski definition) is 1. The number of amides is 1. The Morgan fingerprint density at radius 1 is 1.30 bits per heavy atom. The molecule has 0 spiro atoms. The van der Waals surface area contributed by atoms with Crippen molar-refractivity contribution < 1.29 is 13.9 Å². The fraction of sp³-hybridized carbons (Fsp3) is 0.500. The van der Waals surface area contributed by atoms with Crippen molar-refractivity contribution in [1.29, 1.82) is 0 Å². The highest BCUT2D eigenvalue weighted by Gasteiger charge is 2.21. The third-order valence-corrected chi connectivity index (χ3v) is 3.28. The van der Waals surface area contributed by atoms with E-state index in [1.807, 2.05) is 0 Å². The van der Waals surface area contributed by atoms with Crippen LogP contribution < -0.4 is 5.73 Å². The third kappa shape index (κ3) is 3.84. The molecule has 1 aliphatic heterocycles. The van der Waals surface area contributed by atoms with Gasteiger partial charge in [-0.2, -0.15) is 0 Å². The summed E-state index contributed by atoms with van der Waals surface area (Å²) in [5.41, 5.74) is 6.92. The van der Waals surface area contributed by atoms with Crippen molar-refractivity contribution >= 4 is 11.8 Å². The lowest BCUT2D eigenvalue weighted by atomic mass is 10.1. The first-order chi connectivity index (χ1) is 9.58. The number of carbonyl (C=O) groups is 1. The highest BCUT2D eigenvalue weighted by atomic mass is 19.1. The van der Waals surface area contributed by atoms with Crippen molar-refractivity contribution in [2.75, 3.05) is 38.5 Å². The van der Waals surface area contributed by atoms with Gasteiger partial charge < -0.3 is 15.4 Å². The van der Waals surface area contributed by atoms with E-state index in [0.717, 1.165) is 18.7 Å². The zero-order valence-electron chi connectivity index (χ0n) is 11.6. The average molecular weight is 281 g/mol. The summed E-state index contributed by atoms with van der Waals surface area (Å²) in [6.45, 7) is 5.57. The average Bonchev–Trinajstić information content (AvgIpc) is 2.38. The number of carbonyl (C=O) groups excluding carboxylic acids is 1. The quantitative estimate of drug-likeness (QED) is 0.856. The number of piperazine rings is 1. The zero-order chi connectivity index (χ0) is 14.5. The van der Waals surface area contributed by atoms with Gasteiger partial charge in [-0.15, -0.1) is 0 Å². The van der Waals surface area contributed by atoms with Crippen LogP contribution in [0.25, 0.3) is 0 Å². The molecule has 1 aromatic rings. The molecule has 0 atom stereocenters. The van der Waals surface area contributed by atoms with Crippen LogP contribution in [-0.4, -0.2) is 48.7 Å². The largest absolute Gasteiger partial charge is 0.450 e. The van der Waals surface area contributed by atoms with Crippen LogP contribution in [0.1, 0.15) is 12.5 Å². The lowest BCUT2D eigenvalue weighted by Crippen LogP contribution is -2.48. The van der Waals surface area contributed by atoms with E-state index >= 15 is 0 Å². The number of hydrogen-bond acceptors (Lipinski definition) is 4. The van der Waals surface area contributed by atoms with E-state index in [-0.39, 0.29) is 11.9 Å². The van der Waals surface area contributed by atoms with Crippen LogP contribution in [0.4, 0.5) is 14.9 Å². The van der Waals surface area contributed by atoms with Crippen LogP contribution in [0.15, 0.2) is 18.2 Å². The number of nitrogens with two attached hydrogens (primary N) is 1. The van der Waals surface area contributed by atoms with E-state index in [9.17, 15) is 9.18 Å². The Bertz CT molecular complexity index is 453. The van der Waals surface area contributed by atoms with E-state index in [4.69, 9.17) is 10.5 Å². The summed E-state index contributed by atoms with van der Waals surface area (Å²) in [7, 11) is 0. The maximum absolute atomic E-state index is 13.3. The fourth-order valence-electron chi connectivity index (χ4n) is 2.33. The molecule has 1 saturated heterocycles. The summed E-state index contributed by atoms with van der Waals surface area (Å²) >= 11 is 0. The van der Waals surface area contributed by atoms with Crippen molar-refractivity contribution in [1.82, 2.24) is 9.80 Å². The van der Waals surface area contributed by atoms with Crippen LogP contribution in [0.3, 0.4) is 0 Å². The van der Waals surface area contributed by atoms with Gasteiger partial charge in [0.2, 0.25) is 0 Å². The number of halogens is 1. The predicted octanol–water partition coefficient (Wildman–Crippen LogP) is 1.68. The molecule has 0 aromatic heterocycles. The number of anilines is 1. The lowest BCUT2D eigenvalue weighted by Gasteiger charge is -2.34. The summed E-state index contributed by atoms with van der Waals surface area (Å²) in [5.74, 6) is -0.315. The smallest absolute Gasteiger partial charge is 0.409 e. The van der Waals surface area contributed by atoms with Gasteiger partial charge in [0.15, 0.2) is 0 Å². The Balaban J connectivity index is 1.86. The minimum Gasteiger partial charge on any atom is -0.450 e. The molecule has 6 heteroatoms. The number of benzene rings is 1. The first kappa shape index (κ1) is 14.6. The van der Waals surface area contributed by atoms with Crippen LogP contribution in [0.2, 0.25) is 0 Å². The Morgan fingerprint density at radius 2 is 2.00 bits per heavy atom. The van der Waals surface area contributed by atoms with Gasteiger partial charge in [-0.3, -0.25) is 4.90 Å². The summed E-state index contributed by atoms with van der Waals surface area (Å²) in [4.78, 5) is 15.4. The van der Waals surface area contributed by atoms with E-state index < -0.39 is 0 Å². The second kappa shape index (κ2) is 6.56. The lowest BCUT2D eigenvalue weighted by molar-refractivity contribution is 0.0778. The molecule has 20 heavy (non-hydrogen) atoms. The van der Waals surface area contributed by atoms with Gasteiger partial charge in [-0.1, -0.05) is 0 Å².